The number of nitrogens with zero attached hydrogens (tertiary/aromatic N) is 2. The summed E-state index contributed by atoms with van der Waals surface area (Å²) in [6.07, 6.45) is 1.46. The number of hydrogen-bond donors (Lipinski definition) is 1. The molecule has 1 heterocycles. The Kier molecular flexibility index (Phi) is 4.66. The quantitative estimate of drug-likeness (QED) is 0.635. The first kappa shape index (κ1) is 16.3. The third-order valence-corrected chi connectivity index (χ3v) is 6.44. The predicted molar refractivity (Wildman–Crippen MR) is 81.5 cm³/mol. The van der Waals surface area contributed by atoms with Crippen LogP contribution in [-0.4, -0.2) is 36.8 Å². The molecule has 1 aliphatic heterocycles. The van der Waals surface area contributed by atoms with Gasteiger partial charge in [-0.2, -0.15) is 4.31 Å². The lowest BCUT2D eigenvalue weighted by molar-refractivity contribution is -0.385. The summed E-state index contributed by atoms with van der Waals surface area (Å²) in [6, 6.07) is 2.28. The molecule has 0 radical (unpaired) electrons. The van der Waals surface area contributed by atoms with Crippen LogP contribution in [0.5, 0.6) is 0 Å². The summed E-state index contributed by atoms with van der Waals surface area (Å²) in [6.45, 7) is 2.20. The van der Waals surface area contributed by atoms with Crippen molar-refractivity contribution in [3.63, 3.8) is 0 Å². The molecule has 0 aromatic heterocycles. The summed E-state index contributed by atoms with van der Waals surface area (Å²) in [5.74, 6) is 0. The smallest absolute Gasteiger partial charge is 0.274 e. The van der Waals surface area contributed by atoms with Gasteiger partial charge in [0.2, 0.25) is 10.0 Å². The molecule has 0 saturated carbocycles. The highest BCUT2D eigenvalue weighted by Crippen LogP contribution is 2.33. The Labute approximate surface area is 131 Å². The molecule has 1 atom stereocenters. The largest absolute Gasteiger partial charge is 0.329 e. The van der Waals surface area contributed by atoms with Crippen LogP contribution < -0.4 is 5.73 Å². The molecule has 9 heteroatoms. The van der Waals surface area contributed by atoms with Gasteiger partial charge in [0.15, 0.2) is 0 Å². The molecule has 1 aromatic rings. The molecule has 2 rings (SSSR count). The Morgan fingerprint density at radius 1 is 1.52 bits per heavy atom. The van der Waals surface area contributed by atoms with Crippen LogP contribution in [0.25, 0.3) is 0 Å². The van der Waals surface area contributed by atoms with Crippen LogP contribution in [0.15, 0.2) is 21.5 Å². The van der Waals surface area contributed by atoms with Crippen molar-refractivity contribution >= 4 is 31.6 Å². The van der Waals surface area contributed by atoms with Gasteiger partial charge in [-0.25, -0.2) is 8.42 Å². The van der Waals surface area contributed by atoms with Gasteiger partial charge in [-0.05, 0) is 25.8 Å². The molecule has 1 fully saturated rings. The molecule has 2 N–H and O–H groups in total. The summed E-state index contributed by atoms with van der Waals surface area (Å²) in [5.41, 5.74) is 5.79. The van der Waals surface area contributed by atoms with Crippen molar-refractivity contribution in [3.05, 3.63) is 32.3 Å². The summed E-state index contributed by atoms with van der Waals surface area (Å²) < 4.78 is 27.1. The van der Waals surface area contributed by atoms with Gasteiger partial charge in [-0.1, -0.05) is 15.9 Å². The highest BCUT2D eigenvalue weighted by Gasteiger charge is 2.35. The average molecular weight is 378 g/mol. The summed E-state index contributed by atoms with van der Waals surface area (Å²) in [7, 11) is -3.78. The minimum atomic E-state index is -3.78. The first-order chi connectivity index (χ1) is 9.78. The highest BCUT2D eigenvalue weighted by atomic mass is 79.9. The van der Waals surface area contributed by atoms with Gasteiger partial charge in [-0.15, -0.1) is 0 Å². The number of rotatable bonds is 4. The normalized spacial score (nSPS) is 19.9. The number of benzene rings is 1. The van der Waals surface area contributed by atoms with Crippen molar-refractivity contribution in [2.75, 3.05) is 13.1 Å². The minimum Gasteiger partial charge on any atom is -0.329 e. The fraction of sp³-hybridized carbons (Fsp3) is 0.500. The lowest BCUT2D eigenvalue weighted by atomic mass is 10.2. The van der Waals surface area contributed by atoms with Crippen LogP contribution in [0.4, 0.5) is 5.69 Å². The zero-order chi connectivity index (χ0) is 15.8. The Morgan fingerprint density at radius 2 is 2.19 bits per heavy atom. The van der Waals surface area contributed by atoms with E-state index in [1.54, 1.807) is 6.92 Å². The number of nitro groups is 1. The maximum Gasteiger partial charge on any atom is 0.274 e. The van der Waals surface area contributed by atoms with Crippen molar-refractivity contribution in [3.8, 4) is 0 Å². The van der Waals surface area contributed by atoms with Gasteiger partial charge in [-0.3, -0.25) is 10.1 Å². The number of sulfonamides is 1. The van der Waals surface area contributed by atoms with E-state index in [0.717, 1.165) is 12.5 Å². The second-order valence-corrected chi connectivity index (χ2v) is 7.70. The van der Waals surface area contributed by atoms with Gasteiger partial charge < -0.3 is 5.73 Å². The number of halogens is 1. The van der Waals surface area contributed by atoms with E-state index < -0.39 is 14.9 Å². The molecule has 1 aliphatic rings. The first-order valence-electron chi connectivity index (χ1n) is 6.45. The number of hydrogen-bond acceptors (Lipinski definition) is 5. The Bertz CT molecular complexity index is 677. The minimum absolute atomic E-state index is 0.0768. The Morgan fingerprint density at radius 3 is 2.76 bits per heavy atom. The second-order valence-electron chi connectivity index (χ2n) is 4.95. The lowest BCUT2D eigenvalue weighted by Crippen LogP contribution is -2.39. The topological polar surface area (TPSA) is 107 Å². The molecular formula is C12H16BrN3O4S. The van der Waals surface area contributed by atoms with Crippen molar-refractivity contribution in [1.29, 1.82) is 0 Å². The fourth-order valence-electron chi connectivity index (χ4n) is 2.48. The van der Waals surface area contributed by atoms with Crippen molar-refractivity contribution in [2.45, 2.75) is 30.7 Å². The van der Waals surface area contributed by atoms with Crippen LogP contribution in [0.3, 0.4) is 0 Å². The van der Waals surface area contributed by atoms with Gasteiger partial charge in [0.05, 0.1) is 9.82 Å². The molecule has 0 spiro atoms. The summed E-state index contributed by atoms with van der Waals surface area (Å²) in [5, 5.41) is 11.1. The molecule has 1 saturated heterocycles. The third-order valence-electron chi connectivity index (χ3n) is 3.69. The Balaban J connectivity index is 2.53. The molecule has 21 heavy (non-hydrogen) atoms. The van der Waals surface area contributed by atoms with Crippen LogP contribution >= 0.6 is 15.9 Å². The summed E-state index contributed by atoms with van der Waals surface area (Å²) in [4.78, 5) is 10.4. The van der Waals surface area contributed by atoms with Crippen LogP contribution in [0.2, 0.25) is 0 Å². The average Bonchev–Trinajstić information content (AvgIpc) is 2.90. The van der Waals surface area contributed by atoms with E-state index in [0.29, 0.717) is 23.0 Å². The molecule has 1 unspecified atom stereocenters. The SMILES string of the molecule is Cc1c(Br)cc(S(=O)(=O)N2CCCC2CN)cc1[N+](=O)[O-]. The van der Waals surface area contributed by atoms with E-state index >= 15 is 0 Å². The van der Waals surface area contributed by atoms with E-state index in [1.807, 2.05) is 0 Å². The van der Waals surface area contributed by atoms with E-state index in [-0.39, 0.29) is 23.2 Å². The highest BCUT2D eigenvalue weighted by molar-refractivity contribution is 9.10. The Hall–Kier alpha value is -1.03. The van der Waals surface area contributed by atoms with E-state index in [4.69, 9.17) is 5.73 Å². The molecule has 116 valence electrons. The van der Waals surface area contributed by atoms with Crippen LogP contribution in [0, 0.1) is 17.0 Å². The molecule has 0 aliphatic carbocycles. The summed E-state index contributed by atoms with van der Waals surface area (Å²) >= 11 is 3.19. The van der Waals surface area contributed by atoms with Gasteiger partial charge in [0.1, 0.15) is 0 Å². The van der Waals surface area contributed by atoms with E-state index in [2.05, 4.69) is 15.9 Å². The molecule has 0 bridgehead atoms. The maximum absolute atomic E-state index is 12.7. The van der Waals surface area contributed by atoms with E-state index in [1.165, 1.54) is 10.4 Å². The molecule has 1 aromatic carbocycles. The standard InChI is InChI=1S/C12H16BrN3O4S/c1-8-11(13)5-10(6-12(8)16(17)18)21(19,20)15-4-2-3-9(15)7-14/h5-6,9H,2-4,7,14H2,1H3. The second kappa shape index (κ2) is 5.99. The zero-order valence-corrected chi connectivity index (χ0v) is 13.9. The zero-order valence-electron chi connectivity index (χ0n) is 11.5. The van der Waals surface area contributed by atoms with Crippen molar-refractivity contribution in [1.82, 2.24) is 4.31 Å². The van der Waals surface area contributed by atoms with Crippen molar-refractivity contribution < 1.29 is 13.3 Å². The van der Waals surface area contributed by atoms with Gasteiger partial charge >= 0.3 is 0 Å². The monoisotopic (exact) mass is 377 g/mol. The molecule has 7 nitrogen and oxygen atoms in total. The van der Waals surface area contributed by atoms with Crippen molar-refractivity contribution in [2.24, 2.45) is 5.73 Å². The number of nitro benzene ring substituents is 1. The molecular weight excluding hydrogens is 362 g/mol. The predicted octanol–water partition coefficient (Wildman–Crippen LogP) is 1.78. The lowest BCUT2D eigenvalue weighted by Gasteiger charge is -2.23. The van der Waals surface area contributed by atoms with E-state index in [9.17, 15) is 18.5 Å². The maximum atomic E-state index is 12.7. The molecule has 0 amide bonds. The third kappa shape index (κ3) is 2.96. The van der Waals surface area contributed by atoms with Crippen LogP contribution in [-0.2, 0) is 10.0 Å². The fourth-order valence-corrected chi connectivity index (χ4v) is 4.83. The van der Waals surface area contributed by atoms with Crippen LogP contribution in [0.1, 0.15) is 18.4 Å². The van der Waals surface area contributed by atoms with Gasteiger partial charge in [0.25, 0.3) is 5.69 Å². The number of nitrogens with two attached hydrogens (primary N) is 1. The first-order valence-corrected chi connectivity index (χ1v) is 8.68. The van der Waals surface area contributed by atoms with Gasteiger partial charge in [0, 0.05) is 35.2 Å².